The quantitative estimate of drug-likeness (QED) is 0.595. The van der Waals surface area contributed by atoms with Crippen molar-refractivity contribution in [1.29, 1.82) is 0 Å². The lowest BCUT2D eigenvalue weighted by molar-refractivity contribution is -0.134. The highest BCUT2D eigenvalue weighted by molar-refractivity contribution is 5.76. The third-order valence-electron chi connectivity index (χ3n) is 6.80. The number of aromatic nitrogens is 2. The van der Waals surface area contributed by atoms with Crippen LogP contribution >= 0.6 is 0 Å². The van der Waals surface area contributed by atoms with Gasteiger partial charge in [-0.15, -0.1) is 0 Å². The second-order valence-corrected chi connectivity index (χ2v) is 9.19. The molecule has 174 valence electrons. The van der Waals surface area contributed by atoms with Gasteiger partial charge < -0.3 is 9.64 Å². The van der Waals surface area contributed by atoms with Gasteiger partial charge in [0.05, 0.1) is 6.10 Å². The summed E-state index contributed by atoms with van der Waals surface area (Å²) in [6.45, 7) is 7.42. The molecule has 1 aromatic carbocycles. The minimum atomic E-state index is -0.129. The Morgan fingerprint density at radius 3 is 2.69 bits per heavy atom. The first-order chi connectivity index (χ1) is 15.6. The number of nitrogens with zero attached hydrogens (tertiary/aromatic N) is 4. The van der Waals surface area contributed by atoms with Crippen molar-refractivity contribution in [3.63, 3.8) is 0 Å². The summed E-state index contributed by atoms with van der Waals surface area (Å²) < 4.78 is 21.7. The van der Waals surface area contributed by atoms with Gasteiger partial charge in [0.25, 0.3) is 0 Å². The van der Waals surface area contributed by atoms with Gasteiger partial charge >= 0.3 is 0 Å². The highest BCUT2D eigenvalue weighted by Gasteiger charge is 2.27. The maximum atomic E-state index is 14.0. The van der Waals surface area contributed by atoms with Crippen LogP contribution in [0, 0.1) is 18.7 Å². The van der Waals surface area contributed by atoms with Gasteiger partial charge in [-0.3, -0.25) is 14.4 Å². The predicted octanol–water partition coefficient (Wildman–Crippen LogP) is 3.64. The molecule has 2 aliphatic heterocycles. The maximum Gasteiger partial charge on any atom is 0.224 e. The summed E-state index contributed by atoms with van der Waals surface area (Å²) >= 11 is 0. The van der Waals surface area contributed by atoms with Crippen LogP contribution in [0.2, 0.25) is 0 Å². The van der Waals surface area contributed by atoms with Crippen molar-refractivity contribution < 1.29 is 13.9 Å². The Hall–Kier alpha value is -2.25. The van der Waals surface area contributed by atoms with E-state index >= 15 is 0 Å². The van der Waals surface area contributed by atoms with E-state index in [0.717, 1.165) is 63.2 Å². The van der Waals surface area contributed by atoms with Crippen LogP contribution in [0.5, 0.6) is 0 Å². The number of ether oxygens (including phenoxy) is 1. The molecule has 0 bridgehead atoms. The highest BCUT2D eigenvalue weighted by atomic mass is 19.1. The number of aryl methyl sites for hydroxylation is 2. The van der Waals surface area contributed by atoms with E-state index in [1.807, 2.05) is 34.7 Å². The predicted molar refractivity (Wildman–Crippen MR) is 122 cm³/mol. The Bertz CT molecular complexity index is 872. The van der Waals surface area contributed by atoms with Crippen LogP contribution in [0.1, 0.15) is 43.4 Å². The third kappa shape index (κ3) is 6.17. The molecule has 0 N–H and O–H groups in total. The lowest BCUT2D eigenvalue weighted by atomic mass is 9.95. The van der Waals surface area contributed by atoms with Crippen LogP contribution in [0.25, 0.3) is 0 Å². The Morgan fingerprint density at radius 2 is 2.00 bits per heavy atom. The summed E-state index contributed by atoms with van der Waals surface area (Å²) in [5.74, 6) is 0.531. The summed E-state index contributed by atoms with van der Waals surface area (Å²) in [4.78, 5) is 17.5. The smallest absolute Gasteiger partial charge is 0.224 e. The lowest BCUT2D eigenvalue weighted by Crippen LogP contribution is -2.43. The molecule has 32 heavy (non-hydrogen) atoms. The van der Waals surface area contributed by atoms with Crippen LogP contribution in [0.4, 0.5) is 4.39 Å². The van der Waals surface area contributed by atoms with Gasteiger partial charge in [-0.25, -0.2) is 4.39 Å². The summed E-state index contributed by atoms with van der Waals surface area (Å²) in [6.07, 6.45) is 6.56. The molecule has 6 nitrogen and oxygen atoms in total. The minimum absolute atomic E-state index is 0.129. The largest absolute Gasteiger partial charge is 0.376 e. The van der Waals surface area contributed by atoms with Crippen molar-refractivity contribution in [2.75, 3.05) is 32.8 Å². The van der Waals surface area contributed by atoms with Gasteiger partial charge in [0.2, 0.25) is 5.91 Å². The first-order valence-corrected chi connectivity index (χ1v) is 11.9. The van der Waals surface area contributed by atoms with Gasteiger partial charge in [-0.05, 0) is 63.7 Å². The molecule has 4 rings (SSSR count). The molecule has 7 heteroatoms. The van der Waals surface area contributed by atoms with Crippen LogP contribution in [0.15, 0.2) is 36.5 Å². The molecule has 0 unspecified atom stereocenters. The minimum Gasteiger partial charge on any atom is -0.376 e. The number of carbonyl (C=O) groups excluding carboxylic acids is 1. The van der Waals surface area contributed by atoms with E-state index in [4.69, 9.17) is 4.74 Å². The van der Waals surface area contributed by atoms with Crippen molar-refractivity contribution in [3.8, 4) is 0 Å². The molecule has 0 radical (unpaired) electrons. The molecule has 2 fully saturated rings. The lowest BCUT2D eigenvalue weighted by Gasteiger charge is -2.35. The van der Waals surface area contributed by atoms with Crippen LogP contribution < -0.4 is 0 Å². The van der Waals surface area contributed by atoms with Gasteiger partial charge in [-0.1, -0.05) is 18.2 Å². The van der Waals surface area contributed by atoms with Crippen molar-refractivity contribution in [1.82, 2.24) is 19.6 Å². The van der Waals surface area contributed by atoms with Crippen LogP contribution in [-0.2, 0) is 22.6 Å². The van der Waals surface area contributed by atoms with Gasteiger partial charge in [0.1, 0.15) is 5.82 Å². The fourth-order valence-corrected chi connectivity index (χ4v) is 4.81. The fraction of sp³-hybridized carbons (Fsp3) is 0.600. The summed E-state index contributed by atoms with van der Waals surface area (Å²) in [7, 11) is 0. The van der Waals surface area contributed by atoms with Gasteiger partial charge in [0, 0.05) is 56.7 Å². The van der Waals surface area contributed by atoms with Crippen molar-refractivity contribution in [2.45, 2.75) is 58.2 Å². The van der Waals surface area contributed by atoms with Crippen molar-refractivity contribution in [3.05, 3.63) is 53.6 Å². The number of rotatable bonds is 9. The molecule has 2 aliphatic rings. The molecule has 2 aromatic rings. The molecule has 0 saturated carbocycles. The number of piperidine rings is 1. The summed E-state index contributed by atoms with van der Waals surface area (Å²) in [5, 5.41) is 4.30. The molecule has 1 amide bonds. The van der Waals surface area contributed by atoms with Crippen molar-refractivity contribution in [2.24, 2.45) is 5.92 Å². The molecule has 0 aliphatic carbocycles. The normalized spacial score (nSPS) is 20.0. The number of carbonyl (C=O) groups is 1. The van der Waals surface area contributed by atoms with E-state index in [2.05, 4.69) is 10.00 Å². The van der Waals surface area contributed by atoms with E-state index < -0.39 is 0 Å². The Morgan fingerprint density at radius 1 is 1.19 bits per heavy atom. The standard InChI is InChI=1S/C25H35FN4O2/c1-20-8-12-27-30(20)15-11-25(31)29(19-23-6-4-16-32-23)17-21-9-13-28(14-10-21)18-22-5-2-3-7-24(22)26/h2-3,5,7-8,12,21,23H,4,6,9-11,13-19H2,1H3/t23-/m1/s1. The zero-order chi connectivity index (χ0) is 22.3. The zero-order valence-corrected chi connectivity index (χ0v) is 19.1. The maximum absolute atomic E-state index is 14.0. The monoisotopic (exact) mass is 442 g/mol. The fourth-order valence-electron chi connectivity index (χ4n) is 4.81. The molecule has 3 heterocycles. The molecule has 1 atom stereocenters. The SMILES string of the molecule is Cc1ccnn1CCC(=O)N(CC1CCN(Cc2ccccc2F)CC1)C[C@H]1CCCO1. The first kappa shape index (κ1) is 22.9. The number of likely N-dealkylation sites (tertiary alicyclic amines) is 1. The van der Waals surface area contributed by atoms with Gasteiger partial charge in [0.15, 0.2) is 0 Å². The second-order valence-electron chi connectivity index (χ2n) is 9.19. The highest BCUT2D eigenvalue weighted by Crippen LogP contribution is 2.23. The van der Waals surface area contributed by atoms with Gasteiger partial charge in [-0.2, -0.15) is 5.10 Å². The summed E-state index contributed by atoms with van der Waals surface area (Å²) in [6, 6.07) is 8.98. The number of hydrogen-bond acceptors (Lipinski definition) is 4. The second kappa shape index (κ2) is 11.1. The van der Waals surface area contributed by atoms with E-state index in [0.29, 0.717) is 32.0 Å². The Kier molecular flexibility index (Phi) is 7.92. The number of hydrogen-bond donors (Lipinski definition) is 0. The average Bonchev–Trinajstić information content (AvgIpc) is 3.46. The molecule has 1 aromatic heterocycles. The first-order valence-electron chi connectivity index (χ1n) is 11.9. The molecular weight excluding hydrogens is 407 g/mol. The van der Waals surface area contributed by atoms with E-state index in [9.17, 15) is 9.18 Å². The third-order valence-corrected chi connectivity index (χ3v) is 6.80. The summed E-state index contributed by atoms with van der Waals surface area (Å²) in [5.41, 5.74) is 1.83. The average molecular weight is 443 g/mol. The molecule has 0 spiro atoms. The molecular formula is C25H35FN4O2. The Balaban J connectivity index is 1.30. The molecule has 2 saturated heterocycles. The van der Waals surface area contributed by atoms with E-state index in [-0.39, 0.29) is 17.8 Å². The van der Waals surface area contributed by atoms with Crippen molar-refractivity contribution >= 4 is 5.91 Å². The number of benzene rings is 1. The van der Waals surface area contributed by atoms with E-state index in [1.54, 1.807) is 12.3 Å². The topological polar surface area (TPSA) is 50.6 Å². The van der Waals surface area contributed by atoms with Crippen LogP contribution in [-0.4, -0.2) is 64.4 Å². The Labute approximate surface area is 190 Å². The van der Waals surface area contributed by atoms with Crippen LogP contribution in [0.3, 0.4) is 0 Å². The van der Waals surface area contributed by atoms with E-state index in [1.165, 1.54) is 6.07 Å². The zero-order valence-electron chi connectivity index (χ0n) is 19.1. The number of amides is 1. The number of halogens is 1.